The molecule has 0 saturated heterocycles. The van der Waals surface area contributed by atoms with Crippen molar-refractivity contribution in [2.24, 2.45) is 5.10 Å². The third kappa shape index (κ3) is 3.37. The van der Waals surface area contributed by atoms with Crippen LogP contribution in [0.3, 0.4) is 0 Å². The molecule has 0 aliphatic carbocycles. The van der Waals surface area contributed by atoms with Crippen molar-refractivity contribution < 1.29 is 4.92 Å². The Morgan fingerprint density at radius 1 is 1.62 bits per heavy atom. The highest BCUT2D eigenvalue weighted by molar-refractivity contribution is 5.83. The molecule has 16 heavy (non-hydrogen) atoms. The van der Waals surface area contributed by atoms with Gasteiger partial charge in [0.15, 0.2) is 0 Å². The Hall–Kier alpha value is -2.44. The van der Waals surface area contributed by atoms with E-state index in [1.54, 1.807) is 19.2 Å². The van der Waals surface area contributed by atoms with Crippen LogP contribution in [-0.2, 0) is 0 Å². The number of benzene rings is 1. The second-order valence-corrected chi connectivity index (χ2v) is 2.85. The first-order chi connectivity index (χ1) is 7.63. The summed E-state index contributed by atoms with van der Waals surface area (Å²) >= 11 is 0. The van der Waals surface area contributed by atoms with Crippen molar-refractivity contribution >= 4 is 17.9 Å². The van der Waals surface area contributed by atoms with E-state index in [1.807, 2.05) is 0 Å². The van der Waals surface area contributed by atoms with Gasteiger partial charge in [0.25, 0.3) is 5.69 Å². The van der Waals surface area contributed by atoms with Crippen LogP contribution in [0.5, 0.6) is 0 Å². The molecule has 0 fully saturated rings. The number of nitrogens with one attached hydrogen (secondary N) is 3. The maximum Gasteiger partial charge on any atom is 0.270 e. The van der Waals surface area contributed by atoms with E-state index in [4.69, 9.17) is 5.41 Å². The lowest BCUT2D eigenvalue weighted by molar-refractivity contribution is -0.384. The fourth-order valence-corrected chi connectivity index (χ4v) is 0.946. The first-order valence-corrected chi connectivity index (χ1v) is 4.43. The second kappa shape index (κ2) is 5.44. The number of nitro groups is 1. The Morgan fingerprint density at radius 3 is 3.00 bits per heavy atom. The third-order valence-electron chi connectivity index (χ3n) is 1.72. The monoisotopic (exact) mass is 221 g/mol. The Morgan fingerprint density at radius 2 is 2.38 bits per heavy atom. The highest BCUT2D eigenvalue weighted by Crippen LogP contribution is 2.11. The summed E-state index contributed by atoms with van der Waals surface area (Å²) in [4.78, 5) is 10.0. The highest BCUT2D eigenvalue weighted by Gasteiger charge is 2.03. The average molecular weight is 221 g/mol. The molecule has 0 spiro atoms. The second-order valence-electron chi connectivity index (χ2n) is 2.85. The summed E-state index contributed by atoms with van der Waals surface area (Å²) in [6.07, 6.45) is 1.40. The zero-order valence-electron chi connectivity index (χ0n) is 8.60. The summed E-state index contributed by atoms with van der Waals surface area (Å²) in [6, 6.07) is 6.05. The lowest BCUT2D eigenvalue weighted by atomic mass is 10.2. The van der Waals surface area contributed by atoms with E-state index in [-0.39, 0.29) is 11.6 Å². The molecule has 84 valence electrons. The van der Waals surface area contributed by atoms with E-state index in [2.05, 4.69) is 15.8 Å². The van der Waals surface area contributed by atoms with Gasteiger partial charge in [0.05, 0.1) is 11.1 Å². The fourth-order valence-electron chi connectivity index (χ4n) is 0.946. The number of guanidine groups is 1. The summed E-state index contributed by atoms with van der Waals surface area (Å²) in [5, 5.41) is 23.9. The van der Waals surface area contributed by atoms with Gasteiger partial charge < -0.3 is 5.32 Å². The maximum atomic E-state index is 10.5. The zero-order valence-corrected chi connectivity index (χ0v) is 8.60. The molecule has 0 aliphatic heterocycles. The molecule has 1 rings (SSSR count). The van der Waals surface area contributed by atoms with Gasteiger partial charge in [0, 0.05) is 24.7 Å². The van der Waals surface area contributed by atoms with Crippen LogP contribution in [0.15, 0.2) is 29.4 Å². The van der Waals surface area contributed by atoms with Gasteiger partial charge >= 0.3 is 0 Å². The van der Waals surface area contributed by atoms with Crippen molar-refractivity contribution in [2.75, 3.05) is 7.05 Å². The highest BCUT2D eigenvalue weighted by atomic mass is 16.6. The summed E-state index contributed by atoms with van der Waals surface area (Å²) in [7, 11) is 1.58. The average Bonchev–Trinajstić information content (AvgIpc) is 2.29. The first-order valence-electron chi connectivity index (χ1n) is 4.43. The Kier molecular flexibility index (Phi) is 3.96. The van der Waals surface area contributed by atoms with Crippen LogP contribution in [0.1, 0.15) is 5.56 Å². The number of hydrazone groups is 1. The van der Waals surface area contributed by atoms with Gasteiger partial charge in [-0.05, 0) is 0 Å². The van der Waals surface area contributed by atoms with Crippen LogP contribution >= 0.6 is 0 Å². The Balaban J connectivity index is 2.70. The van der Waals surface area contributed by atoms with E-state index in [9.17, 15) is 10.1 Å². The van der Waals surface area contributed by atoms with Gasteiger partial charge in [-0.25, -0.2) is 5.43 Å². The summed E-state index contributed by atoms with van der Waals surface area (Å²) < 4.78 is 0. The van der Waals surface area contributed by atoms with Crippen molar-refractivity contribution in [1.29, 1.82) is 5.41 Å². The minimum atomic E-state index is -0.472. The van der Waals surface area contributed by atoms with Gasteiger partial charge in [-0.3, -0.25) is 15.5 Å². The number of rotatable bonds is 3. The van der Waals surface area contributed by atoms with E-state index in [0.717, 1.165) is 0 Å². The molecule has 7 heteroatoms. The lowest BCUT2D eigenvalue weighted by Crippen LogP contribution is -2.29. The summed E-state index contributed by atoms with van der Waals surface area (Å²) in [5.74, 6) is 0.0432. The smallest absolute Gasteiger partial charge is 0.270 e. The van der Waals surface area contributed by atoms with Crippen LogP contribution in [0.25, 0.3) is 0 Å². The van der Waals surface area contributed by atoms with Gasteiger partial charge in [-0.2, -0.15) is 5.10 Å². The largest absolute Gasteiger partial charge is 0.358 e. The molecule has 0 unspecified atom stereocenters. The van der Waals surface area contributed by atoms with Crippen molar-refractivity contribution in [3.05, 3.63) is 39.9 Å². The van der Waals surface area contributed by atoms with Crippen molar-refractivity contribution in [3.8, 4) is 0 Å². The molecule has 1 aromatic rings. The summed E-state index contributed by atoms with van der Waals surface area (Å²) in [5.41, 5.74) is 3.00. The molecule has 3 N–H and O–H groups in total. The normalized spacial score (nSPS) is 10.1. The van der Waals surface area contributed by atoms with Crippen LogP contribution in [0, 0.1) is 15.5 Å². The van der Waals surface area contributed by atoms with Crippen molar-refractivity contribution in [2.45, 2.75) is 0 Å². The maximum absolute atomic E-state index is 10.5. The number of non-ortho nitro benzene ring substituents is 1. The van der Waals surface area contributed by atoms with Crippen LogP contribution in [-0.4, -0.2) is 24.1 Å². The van der Waals surface area contributed by atoms with E-state index >= 15 is 0 Å². The number of hydrogen-bond donors (Lipinski definition) is 3. The summed E-state index contributed by atoms with van der Waals surface area (Å²) in [6.45, 7) is 0. The number of nitrogens with zero attached hydrogens (tertiary/aromatic N) is 2. The molecule has 0 amide bonds. The van der Waals surface area contributed by atoms with Gasteiger partial charge in [0.1, 0.15) is 0 Å². The minimum absolute atomic E-state index is 0.00708. The van der Waals surface area contributed by atoms with E-state index in [0.29, 0.717) is 5.56 Å². The van der Waals surface area contributed by atoms with Gasteiger partial charge in [0.2, 0.25) is 5.96 Å². The molecule has 0 bridgehead atoms. The predicted molar refractivity (Wildman–Crippen MR) is 60.6 cm³/mol. The van der Waals surface area contributed by atoms with Gasteiger partial charge in [-0.1, -0.05) is 12.1 Å². The lowest BCUT2D eigenvalue weighted by Gasteiger charge is -1.99. The Labute approximate surface area is 91.8 Å². The molecular formula is C9H11N5O2. The van der Waals surface area contributed by atoms with Gasteiger partial charge in [-0.15, -0.1) is 0 Å². The van der Waals surface area contributed by atoms with Crippen molar-refractivity contribution in [1.82, 2.24) is 10.7 Å². The van der Waals surface area contributed by atoms with Crippen LogP contribution in [0.2, 0.25) is 0 Å². The molecule has 0 heterocycles. The fraction of sp³-hybridized carbons (Fsp3) is 0.111. The Bertz CT molecular complexity index is 430. The number of nitro benzene ring substituents is 1. The van der Waals surface area contributed by atoms with E-state index in [1.165, 1.54) is 18.3 Å². The zero-order chi connectivity index (χ0) is 12.0. The standard InChI is InChI=1S/C9H11N5O2/c1-11-9(10)13-12-6-7-3-2-4-8(5-7)14(15)16/h2-6H,1H3,(H3,10,11,13)/b12-6+. The minimum Gasteiger partial charge on any atom is -0.358 e. The molecule has 0 atom stereocenters. The molecular weight excluding hydrogens is 210 g/mol. The first kappa shape index (κ1) is 11.6. The molecule has 0 radical (unpaired) electrons. The molecule has 0 aliphatic rings. The quantitative estimate of drug-likeness (QED) is 0.302. The molecule has 0 aromatic heterocycles. The molecule has 1 aromatic carbocycles. The third-order valence-corrected chi connectivity index (χ3v) is 1.72. The van der Waals surface area contributed by atoms with Crippen molar-refractivity contribution in [3.63, 3.8) is 0 Å². The SMILES string of the molecule is CNC(=N)N/N=C/c1cccc([N+](=O)[O-])c1. The number of hydrogen-bond acceptors (Lipinski definition) is 4. The topological polar surface area (TPSA) is 103 Å². The van der Waals surface area contributed by atoms with Crippen LogP contribution in [0.4, 0.5) is 5.69 Å². The van der Waals surface area contributed by atoms with E-state index < -0.39 is 4.92 Å². The predicted octanol–water partition coefficient (Wildman–Crippen LogP) is 0.672. The van der Waals surface area contributed by atoms with Crippen LogP contribution < -0.4 is 10.7 Å². The molecule has 0 saturated carbocycles. The molecule has 7 nitrogen and oxygen atoms in total.